The van der Waals surface area contributed by atoms with Gasteiger partial charge < -0.3 is 10.6 Å². The third kappa shape index (κ3) is 8.93. The average molecular weight is 644 g/mol. The summed E-state index contributed by atoms with van der Waals surface area (Å²) in [5, 5.41) is 2.87. The van der Waals surface area contributed by atoms with Gasteiger partial charge >= 0.3 is 24.4 Å². The first kappa shape index (κ1) is 33.6. The number of rotatable bonds is 7. The van der Waals surface area contributed by atoms with Crippen LogP contribution in [0.15, 0.2) is 36.4 Å². The van der Waals surface area contributed by atoms with Crippen LogP contribution in [0.2, 0.25) is 15.1 Å². The number of amides is 2. The minimum absolute atomic E-state index is 0.188. The Bertz CT molecular complexity index is 1280. The van der Waals surface area contributed by atoms with E-state index < -0.39 is 65.0 Å². The van der Waals surface area contributed by atoms with Crippen molar-refractivity contribution < 1.29 is 49.1 Å². The fraction of sp³-hybridized carbons (Fsp3) is 0.333. The molecule has 16 heteroatoms. The van der Waals surface area contributed by atoms with Gasteiger partial charge in [-0.25, -0.2) is 0 Å². The summed E-state index contributed by atoms with van der Waals surface area (Å²) in [7, 11) is 0. The lowest BCUT2D eigenvalue weighted by molar-refractivity contribution is -0.175. The second-order valence-electron chi connectivity index (χ2n) is 9.00. The maximum atomic E-state index is 13.7. The van der Waals surface area contributed by atoms with Crippen LogP contribution in [-0.4, -0.2) is 36.3 Å². The van der Waals surface area contributed by atoms with Gasteiger partial charge in [0.05, 0.1) is 37.7 Å². The molecule has 2 amide bonds. The summed E-state index contributed by atoms with van der Waals surface area (Å²) in [6.45, 7) is 1.49. The molecule has 220 valence electrons. The highest BCUT2D eigenvalue weighted by Crippen LogP contribution is 2.41. The van der Waals surface area contributed by atoms with E-state index in [1.807, 2.05) is 5.32 Å². The number of halogens is 12. The van der Waals surface area contributed by atoms with Gasteiger partial charge in [0.15, 0.2) is 0 Å². The number of alkyl halides is 9. The molecule has 0 fully saturated rings. The molecule has 0 bridgehead atoms. The predicted octanol–water partition coefficient (Wildman–Crippen LogP) is 8.21. The molecular weight excluding hydrogens is 626 g/mol. The predicted molar refractivity (Wildman–Crippen MR) is 131 cm³/mol. The van der Waals surface area contributed by atoms with Crippen LogP contribution in [0.1, 0.15) is 46.8 Å². The molecule has 0 saturated heterocycles. The highest BCUT2D eigenvalue weighted by molar-refractivity contribution is 6.48. The van der Waals surface area contributed by atoms with Crippen LogP contribution >= 0.6 is 34.8 Å². The van der Waals surface area contributed by atoms with Crippen LogP contribution in [0.5, 0.6) is 0 Å². The quantitative estimate of drug-likeness (QED) is 0.236. The smallest absolute Gasteiger partial charge is 0.350 e. The van der Waals surface area contributed by atoms with Gasteiger partial charge in [0.1, 0.15) is 0 Å². The molecule has 40 heavy (non-hydrogen) atoms. The van der Waals surface area contributed by atoms with Crippen LogP contribution in [0.25, 0.3) is 6.08 Å². The Morgan fingerprint density at radius 2 is 1.45 bits per heavy atom. The summed E-state index contributed by atoms with van der Waals surface area (Å²) < 4.78 is 120. The van der Waals surface area contributed by atoms with Crippen molar-refractivity contribution in [3.8, 4) is 0 Å². The molecule has 0 saturated carbocycles. The van der Waals surface area contributed by atoms with Crippen molar-refractivity contribution in [1.29, 1.82) is 0 Å². The Balaban J connectivity index is 2.37. The topological polar surface area (TPSA) is 58.2 Å². The number of carbonyl (C=O) groups is 2. The summed E-state index contributed by atoms with van der Waals surface area (Å²) in [6, 6.07) is 3.87. The first-order chi connectivity index (χ1) is 18.0. The zero-order valence-corrected chi connectivity index (χ0v) is 22.4. The fourth-order valence-corrected chi connectivity index (χ4v) is 3.90. The molecule has 0 aliphatic heterocycles. The molecule has 0 radical (unpaired) electrons. The number of carbonyl (C=O) groups excluding carboxylic acids is 2. The van der Waals surface area contributed by atoms with Crippen molar-refractivity contribution in [2.24, 2.45) is 0 Å². The average Bonchev–Trinajstić information content (AvgIpc) is 2.78. The SMILES string of the molecule is CC(C)(CNC(=O)c1ccc(C=CC(c2cc(Cl)c(Cl)c(Cl)c2)C(F)(F)F)cc1C(F)(F)F)NC(=O)C(F)(F)F. The molecule has 2 aromatic carbocycles. The molecule has 0 aliphatic rings. The van der Waals surface area contributed by atoms with Gasteiger partial charge in [-0.05, 0) is 49.2 Å². The van der Waals surface area contributed by atoms with Crippen LogP contribution in [0.4, 0.5) is 39.5 Å². The van der Waals surface area contributed by atoms with Gasteiger partial charge in [0.25, 0.3) is 5.91 Å². The van der Waals surface area contributed by atoms with Crippen LogP contribution in [0.3, 0.4) is 0 Å². The van der Waals surface area contributed by atoms with Gasteiger partial charge in [-0.3, -0.25) is 9.59 Å². The lowest BCUT2D eigenvalue weighted by Gasteiger charge is -2.27. The van der Waals surface area contributed by atoms with Crippen LogP contribution in [-0.2, 0) is 11.0 Å². The van der Waals surface area contributed by atoms with Gasteiger partial charge in [0, 0.05) is 6.54 Å². The molecule has 1 unspecified atom stereocenters. The Kier molecular flexibility index (Phi) is 10.1. The Morgan fingerprint density at radius 1 is 0.900 bits per heavy atom. The summed E-state index contributed by atoms with van der Waals surface area (Å²) >= 11 is 17.4. The fourth-order valence-electron chi connectivity index (χ4n) is 3.29. The molecule has 2 N–H and O–H groups in total. The molecular formula is C24H18Cl3F9N2O2. The summed E-state index contributed by atoms with van der Waals surface area (Å²) in [5.74, 6) is -6.01. The number of nitrogens with one attached hydrogen (secondary N) is 2. The third-order valence-electron chi connectivity index (χ3n) is 5.19. The molecule has 2 aromatic rings. The maximum absolute atomic E-state index is 13.7. The first-order valence-electron chi connectivity index (χ1n) is 10.8. The Morgan fingerprint density at radius 3 is 1.93 bits per heavy atom. The zero-order chi connectivity index (χ0) is 30.8. The number of benzene rings is 2. The summed E-state index contributed by atoms with van der Waals surface area (Å²) in [6.07, 6.45) is -14.0. The van der Waals surface area contributed by atoms with Crippen molar-refractivity contribution in [1.82, 2.24) is 10.6 Å². The van der Waals surface area contributed by atoms with E-state index in [9.17, 15) is 49.1 Å². The van der Waals surface area contributed by atoms with E-state index in [4.69, 9.17) is 34.8 Å². The lowest BCUT2D eigenvalue weighted by Crippen LogP contribution is -2.54. The van der Waals surface area contributed by atoms with E-state index in [0.29, 0.717) is 18.2 Å². The zero-order valence-electron chi connectivity index (χ0n) is 20.2. The van der Waals surface area contributed by atoms with E-state index in [1.165, 1.54) is 0 Å². The van der Waals surface area contributed by atoms with E-state index in [-0.39, 0.29) is 20.6 Å². The minimum Gasteiger partial charge on any atom is -0.350 e. The minimum atomic E-state index is -5.23. The number of hydrogen-bond acceptors (Lipinski definition) is 2. The largest absolute Gasteiger partial charge is 0.471 e. The lowest BCUT2D eigenvalue weighted by atomic mass is 9.96. The summed E-state index contributed by atoms with van der Waals surface area (Å²) in [5.41, 5.74) is -4.97. The molecule has 0 spiro atoms. The normalized spacial score (nSPS) is 13.8. The first-order valence-corrected chi connectivity index (χ1v) is 11.9. The molecule has 1 atom stereocenters. The number of hydrogen-bond donors (Lipinski definition) is 2. The molecule has 0 aromatic heterocycles. The second kappa shape index (κ2) is 12.1. The van der Waals surface area contributed by atoms with Crippen molar-refractivity contribution in [2.75, 3.05) is 6.54 Å². The Labute approximate surface area is 236 Å². The van der Waals surface area contributed by atoms with Gasteiger partial charge in [-0.15, -0.1) is 0 Å². The van der Waals surface area contributed by atoms with E-state index >= 15 is 0 Å². The van der Waals surface area contributed by atoms with E-state index in [1.54, 1.807) is 5.32 Å². The van der Waals surface area contributed by atoms with E-state index in [0.717, 1.165) is 38.1 Å². The molecule has 4 nitrogen and oxygen atoms in total. The third-order valence-corrected chi connectivity index (χ3v) is 6.39. The molecule has 2 rings (SSSR count). The summed E-state index contributed by atoms with van der Waals surface area (Å²) in [4.78, 5) is 23.6. The molecule has 0 aliphatic carbocycles. The number of allylic oxidation sites excluding steroid dienone is 1. The van der Waals surface area contributed by atoms with Crippen LogP contribution in [0, 0.1) is 0 Å². The van der Waals surface area contributed by atoms with Gasteiger partial charge in [0.2, 0.25) is 0 Å². The van der Waals surface area contributed by atoms with Gasteiger partial charge in [-0.1, -0.05) is 53.0 Å². The highest BCUT2D eigenvalue weighted by atomic mass is 35.5. The second-order valence-corrected chi connectivity index (χ2v) is 10.2. The maximum Gasteiger partial charge on any atom is 0.471 e. The van der Waals surface area contributed by atoms with Crippen molar-refractivity contribution >= 4 is 52.7 Å². The van der Waals surface area contributed by atoms with E-state index in [2.05, 4.69) is 0 Å². The van der Waals surface area contributed by atoms with Crippen molar-refractivity contribution in [2.45, 2.75) is 43.8 Å². The molecule has 0 heterocycles. The van der Waals surface area contributed by atoms with Crippen LogP contribution < -0.4 is 10.6 Å². The Hall–Kier alpha value is -2.64. The standard InChI is InChI=1S/C24H18Cl3F9N2O2/c1-21(2,38-20(40)24(34,35)36)10-37-19(39)13-5-3-11(7-15(13)23(31,32)33)4-6-14(22(28,29)30)12-8-16(25)18(27)17(26)9-12/h3-9,14H,10H2,1-2H3,(H,37,39)(H,38,40). The van der Waals surface area contributed by atoms with Crippen molar-refractivity contribution in [3.63, 3.8) is 0 Å². The van der Waals surface area contributed by atoms with Gasteiger partial charge in [-0.2, -0.15) is 39.5 Å². The van der Waals surface area contributed by atoms with Crippen molar-refractivity contribution in [3.05, 3.63) is 73.7 Å². The highest BCUT2D eigenvalue weighted by Gasteiger charge is 2.42. The monoisotopic (exact) mass is 642 g/mol.